The molecule has 0 radical (unpaired) electrons. The second kappa shape index (κ2) is 7.37. The fourth-order valence-electron chi connectivity index (χ4n) is 4.45. The predicted octanol–water partition coefficient (Wildman–Crippen LogP) is 3.37. The number of carbonyl (C=O) groups excluding carboxylic acids is 2. The standard InChI is InChI=1S/C20H28N2O2/c1-14(21-20(24)16-8-4-3-5-9-16)12-19(23)22-15(2)13-17-10-6-7-11-18(17)22/h3-5,8-9,14-15,17-18H,6-7,10-13H2,1-2H3,(H,21,24). The van der Waals surface area contributed by atoms with Crippen molar-refractivity contribution in [1.29, 1.82) is 0 Å². The van der Waals surface area contributed by atoms with E-state index in [0.717, 1.165) is 12.8 Å². The average molecular weight is 328 g/mol. The summed E-state index contributed by atoms with van der Waals surface area (Å²) in [7, 11) is 0. The van der Waals surface area contributed by atoms with Gasteiger partial charge < -0.3 is 10.2 Å². The fourth-order valence-corrected chi connectivity index (χ4v) is 4.45. The van der Waals surface area contributed by atoms with Crippen LogP contribution in [0.5, 0.6) is 0 Å². The first-order valence-electron chi connectivity index (χ1n) is 9.23. The first kappa shape index (κ1) is 17.0. The lowest BCUT2D eigenvalue weighted by Crippen LogP contribution is -2.45. The van der Waals surface area contributed by atoms with Gasteiger partial charge in [-0.15, -0.1) is 0 Å². The van der Waals surface area contributed by atoms with Gasteiger partial charge in [-0.3, -0.25) is 9.59 Å². The van der Waals surface area contributed by atoms with Crippen molar-refractivity contribution in [2.75, 3.05) is 0 Å². The molecule has 4 nitrogen and oxygen atoms in total. The number of hydrogen-bond donors (Lipinski definition) is 1. The van der Waals surface area contributed by atoms with E-state index in [2.05, 4.69) is 17.1 Å². The van der Waals surface area contributed by atoms with Crippen LogP contribution in [0.3, 0.4) is 0 Å². The lowest BCUT2D eigenvalue weighted by molar-refractivity contribution is -0.134. The van der Waals surface area contributed by atoms with Gasteiger partial charge in [0.15, 0.2) is 0 Å². The lowest BCUT2D eigenvalue weighted by atomic mass is 9.85. The molecule has 1 saturated carbocycles. The zero-order valence-electron chi connectivity index (χ0n) is 14.7. The molecule has 2 aliphatic rings. The van der Waals surface area contributed by atoms with Crippen molar-refractivity contribution in [2.45, 2.75) is 70.5 Å². The van der Waals surface area contributed by atoms with E-state index in [1.807, 2.05) is 25.1 Å². The van der Waals surface area contributed by atoms with Gasteiger partial charge in [0, 0.05) is 30.1 Å². The molecule has 1 aromatic rings. The SMILES string of the molecule is CC(CC(=O)N1C(C)CC2CCCCC21)NC(=O)c1ccccc1. The largest absolute Gasteiger partial charge is 0.349 e. The van der Waals surface area contributed by atoms with E-state index in [0.29, 0.717) is 30.0 Å². The number of nitrogens with one attached hydrogen (secondary N) is 1. The zero-order chi connectivity index (χ0) is 17.1. The molecule has 1 aromatic carbocycles. The quantitative estimate of drug-likeness (QED) is 0.921. The smallest absolute Gasteiger partial charge is 0.251 e. The molecule has 2 amide bonds. The molecule has 0 aromatic heterocycles. The molecule has 1 aliphatic heterocycles. The van der Waals surface area contributed by atoms with E-state index in [1.54, 1.807) is 12.1 Å². The minimum Gasteiger partial charge on any atom is -0.349 e. The van der Waals surface area contributed by atoms with Gasteiger partial charge in [-0.2, -0.15) is 0 Å². The summed E-state index contributed by atoms with van der Waals surface area (Å²) in [5.74, 6) is 0.769. The second-order valence-corrected chi connectivity index (χ2v) is 7.44. The van der Waals surface area contributed by atoms with E-state index in [9.17, 15) is 9.59 Å². The molecule has 3 rings (SSSR count). The number of amides is 2. The van der Waals surface area contributed by atoms with Gasteiger partial charge >= 0.3 is 0 Å². The number of nitrogens with zero attached hydrogens (tertiary/aromatic N) is 1. The molecule has 1 aliphatic carbocycles. The summed E-state index contributed by atoms with van der Waals surface area (Å²) in [4.78, 5) is 27.1. The number of fused-ring (bicyclic) bond motifs is 1. The van der Waals surface area contributed by atoms with Crippen LogP contribution in [-0.4, -0.2) is 34.8 Å². The molecule has 1 N–H and O–H groups in total. The van der Waals surface area contributed by atoms with Crippen molar-refractivity contribution in [3.63, 3.8) is 0 Å². The molecule has 130 valence electrons. The van der Waals surface area contributed by atoms with E-state index < -0.39 is 0 Å². The van der Waals surface area contributed by atoms with Gasteiger partial charge in [-0.1, -0.05) is 31.0 Å². The summed E-state index contributed by atoms with van der Waals surface area (Å²) < 4.78 is 0. The molecule has 24 heavy (non-hydrogen) atoms. The van der Waals surface area contributed by atoms with Crippen LogP contribution in [0.15, 0.2) is 30.3 Å². The predicted molar refractivity (Wildman–Crippen MR) is 94.7 cm³/mol. The van der Waals surface area contributed by atoms with Crippen LogP contribution in [0.2, 0.25) is 0 Å². The molecule has 4 heteroatoms. The molecule has 2 fully saturated rings. The lowest BCUT2D eigenvalue weighted by Gasteiger charge is -2.34. The summed E-state index contributed by atoms with van der Waals surface area (Å²) in [6.45, 7) is 4.08. The van der Waals surface area contributed by atoms with Crippen LogP contribution < -0.4 is 5.32 Å². The summed E-state index contributed by atoms with van der Waals surface area (Å²) in [6.07, 6.45) is 6.47. The van der Waals surface area contributed by atoms with Crippen molar-refractivity contribution in [3.8, 4) is 0 Å². The highest BCUT2D eigenvalue weighted by Gasteiger charge is 2.42. The maximum atomic E-state index is 12.8. The highest BCUT2D eigenvalue weighted by atomic mass is 16.2. The summed E-state index contributed by atoms with van der Waals surface area (Å²) in [5, 5.41) is 2.95. The number of rotatable bonds is 4. The zero-order valence-corrected chi connectivity index (χ0v) is 14.7. The summed E-state index contributed by atoms with van der Waals surface area (Å²) in [6, 6.07) is 9.78. The molecule has 0 bridgehead atoms. The maximum Gasteiger partial charge on any atom is 0.251 e. The van der Waals surface area contributed by atoms with Gasteiger partial charge in [0.1, 0.15) is 0 Å². The Kier molecular flexibility index (Phi) is 5.22. The molecule has 4 atom stereocenters. The van der Waals surface area contributed by atoms with E-state index in [1.165, 1.54) is 19.3 Å². The Bertz CT molecular complexity index is 587. The highest BCUT2D eigenvalue weighted by molar-refractivity contribution is 5.94. The fraction of sp³-hybridized carbons (Fsp3) is 0.600. The van der Waals surface area contributed by atoms with Crippen LogP contribution >= 0.6 is 0 Å². The van der Waals surface area contributed by atoms with Crippen LogP contribution in [0.25, 0.3) is 0 Å². The van der Waals surface area contributed by atoms with Crippen molar-refractivity contribution < 1.29 is 9.59 Å². The van der Waals surface area contributed by atoms with E-state index in [4.69, 9.17) is 0 Å². The number of hydrogen-bond acceptors (Lipinski definition) is 2. The van der Waals surface area contributed by atoms with Gasteiger partial charge in [0.25, 0.3) is 5.91 Å². The number of likely N-dealkylation sites (tertiary alicyclic amines) is 1. The molecular formula is C20H28N2O2. The number of benzene rings is 1. The third-order valence-corrected chi connectivity index (χ3v) is 5.53. The maximum absolute atomic E-state index is 12.8. The van der Waals surface area contributed by atoms with Crippen LogP contribution in [-0.2, 0) is 4.79 Å². The van der Waals surface area contributed by atoms with Crippen molar-refractivity contribution in [3.05, 3.63) is 35.9 Å². The first-order valence-corrected chi connectivity index (χ1v) is 9.23. The monoisotopic (exact) mass is 328 g/mol. The Morgan fingerprint density at radius 1 is 1.21 bits per heavy atom. The van der Waals surface area contributed by atoms with Gasteiger partial charge in [-0.05, 0) is 51.2 Å². The van der Waals surface area contributed by atoms with Gasteiger partial charge in [0.05, 0.1) is 0 Å². The molecule has 1 heterocycles. The average Bonchev–Trinajstić information content (AvgIpc) is 2.91. The van der Waals surface area contributed by atoms with E-state index >= 15 is 0 Å². The topological polar surface area (TPSA) is 49.4 Å². The Balaban J connectivity index is 1.57. The Morgan fingerprint density at radius 2 is 1.92 bits per heavy atom. The summed E-state index contributed by atoms with van der Waals surface area (Å²) in [5.41, 5.74) is 0.638. The second-order valence-electron chi connectivity index (χ2n) is 7.44. The Morgan fingerprint density at radius 3 is 2.67 bits per heavy atom. The third kappa shape index (κ3) is 3.63. The first-order chi connectivity index (χ1) is 11.6. The van der Waals surface area contributed by atoms with Crippen molar-refractivity contribution in [1.82, 2.24) is 10.2 Å². The molecule has 1 saturated heterocycles. The number of carbonyl (C=O) groups is 2. The minimum absolute atomic E-state index is 0.110. The van der Waals surface area contributed by atoms with Crippen molar-refractivity contribution in [2.24, 2.45) is 5.92 Å². The van der Waals surface area contributed by atoms with E-state index in [-0.39, 0.29) is 17.9 Å². The van der Waals surface area contributed by atoms with Crippen LogP contribution in [0.1, 0.15) is 62.7 Å². The normalized spacial score (nSPS) is 27.4. The van der Waals surface area contributed by atoms with Crippen LogP contribution in [0.4, 0.5) is 0 Å². The van der Waals surface area contributed by atoms with Crippen molar-refractivity contribution >= 4 is 11.8 Å². The Labute approximate surface area is 144 Å². The minimum atomic E-state index is -0.153. The summed E-state index contributed by atoms with van der Waals surface area (Å²) >= 11 is 0. The Hall–Kier alpha value is -1.84. The highest BCUT2D eigenvalue weighted by Crippen LogP contribution is 2.39. The molecule has 4 unspecified atom stereocenters. The van der Waals surface area contributed by atoms with Gasteiger partial charge in [-0.25, -0.2) is 0 Å². The third-order valence-electron chi connectivity index (χ3n) is 5.53. The molecular weight excluding hydrogens is 300 g/mol. The van der Waals surface area contributed by atoms with Gasteiger partial charge in [0.2, 0.25) is 5.91 Å². The molecule has 0 spiro atoms. The van der Waals surface area contributed by atoms with Crippen LogP contribution in [0, 0.1) is 5.92 Å².